The third kappa shape index (κ3) is 4.54. The van der Waals surface area contributed by atoms with Crippen LogP contribution < -0.4 is 14.9 Å². The summed E-state index contributed by atoms with van der Waals surface area (Å²) in [6.45, 7) is 0. The number of aromatic hydroxyl groups is 1. The minimum Gasteiger partial charge on any atom is -0.507 e. The van der Waals surface area contributed by atoms with Gasteiger partial charge in [0.05, 0.1) is 31.5 Å². The van der Waals surface area contributed by atoms with Crippen LogP contribution in [0.4, 0.5) is 0 Å². The number of hydrogen-bond donors (Lipinski definition) is 3. The number of fused-ring (bicyclic) bond motifs is 1. The number of phenols is 1. The second-order valence-electron chi connectivity index (χ2n) is 7.04. The van der Waals surface area contributed by atoms with Crippen LogP contribution in [-0.2, 0) is 6.42 Å². The van der Waals surface area contributed by atoms with Gasteiger partial charge in [-0.15, -0.1) is 0 Å². The largest absolute Gasteiger partial charge is 0.507 e. The molecule has 162 valence electrons. The van der Waals surface area contributed by atoms with Crippen LogP contribution >= 0.6 is 0 Å². The van der Waals surface area contributed by atoms with Gasteiger partial charge >= 0.3 is 0 Å². The van der Waals surface area contributed by atoms with Crippen LogP contribution in [-0.4, -0.2) is 41.4 Å². The number of methoxy groups -OCH3 is 2. The van der Waals surface area contributed by atoms with Crippen molar-refractivity contribution in [1.82, 2.24) is 15.4 Å². The van der Waals surface area contributed by atoms with Crippen molar-refractivity contribution >= 4 is 23.2 Å². The number of rotatable bonds is 7. The lowest BCUT2D eigenvalue weighted by atomic mass is 10.1. The Morgan fingerprint density at radius 1 is 1.09 bits per heavy atom. The number of ether oxygens (including phenoxy) is 2. The first-order chi connectivity index (χ1) is 15.6. The molecule has 0 saturated heterocycles. The summed E-state index contributed by atoms with van der Waals surface area (Å²) in [6, 6.07) is 17.7. The molecule has 8 nitrogen and oxygen atoms in total. The van der Waals surface area contributed by atoms with Gasteiger partial charge < -0.3 is 19.6 Å². The van der Waals surface area contributed by atoms with Crippen LogP contribution in [0.3, 0.4) is 0 Å². The molecule has 4 aromatic rings. The molecular weight excluding hydrogens is 408 g/mol. The number of amides is 1. The van der Waals surface area contributed by atoms with E-state index in [2.05, 4.69) is 20.5 Å². The fourth-order valence-electron chi connectivity index (χ4n) is 3.29. The lowest BCUT2D eigenvalue weighted by Gasteiger charge is -2.08. The predicted octanol–water partition coefficient (Wildman–Crippen LogP) is 3.64. The molecule has 0 aliphatic carbocycles. The number of aromatic amines is 1. The standard InChI is InChI=1S/C24H22N4O4/c1-31-21-10-7-15(11-22(21)32-2)12-23-26-18-9-8-16(13-19(18)27-23)24(30)28-25-14-17-5-3-4-6-20(17)29/h3-11,13-14,29H,12H2,1-2H3,(H,26,27)(H,28,30)/b25-14-. The fourth-order valence-corrected chi connectivity index (χ4v) is 3.29. The summed E-state index contributed by atoms with van der Waals surface area (Å²) in [7, 11) is 3.20. The van der Waals surface area contributed by atoms with Crippen molar-refractivity contribution in [2.45, 2.75) is 6.42 Å². The van der Waals surface area contributed by atoms with Gasteiger partial charge in [-0.1, -0.05) is 18.2 Å². The summed E-state index contributed by atoms with van der Waals surface area (Å²) in [5.74, 6) is 1.81. The Morgan fingerprint density at radius 3 is 2.69 bits per heavy atom. The highest BCUT2D eigenvalue weighted by atomic mass is 16.5. The van der Waals surface area contributed by atoms with E-state index in [4.69, 9.17) is 9.47 Å². The summed E-state index contributed by atoms with van der Waals surface area (Å²) in [4.78, 5) is 20.3. The Hall–Kier alpha value is -4.33. The highest BCUT2D eigenvalue weighted by molar-refractivity contribution is 5.98. The third-order valence-corrected chi connectivity index (χ3v) is 4.92. The lowest BCUT2D eigenvalue weighted by Crippen LogP contribution is -2.17. The van der Waals surface area contributed by atoms with Crippen molar-refractivity contribution in [2.24, 2.45) is 5.10 Å². The van der Waals surface area contributed by atoms with E-state index in [0.29, 0.717) is 29.0 Å². The average molecular weight is 430 g/mol. The molecule has 0 aliphatic rings. The number of aromatic nitrogens is 2. The van der Waals surface area contributed by atoms with Crippen molar-refractivity contribution in [2.75, 3.05) is 14.2 Å². The fraction of sp³-hybridized carbons (Fsp3) is 0.125. The zero-order chi connectivity index (χ0) is 22.5. The van der Waals surface area contributed by atoms with E-state index in [0.717, 1.165) is 22.4 Å². The van der Waals surface area contributed by atoms with Gasteiger partial charge in [0.1, 0.15) is 11.6 Å². The molecular formula is C24H22N4O4. The highest BCUT2D eigenvalue weighted by Crippen LogP contribution is 2.28. The first-order valence-corrected chi connectivity index (χ1v) is 9.88. The molecule has 1 amide bonds. The first-order valence-electron chi connectivity index (χ1n) is 9.88. The Labute approximate surface area is 184 Å². The number of para-hydroxylation sites is 1. The van der Waals surface area contributed by atoms with Crippen LogP contribution in [0.2, 0.25) is 0 Å². The molecule has 1 heterocycles. The van der Waals surface area contributed by atoms with Crippen LogP contribution in [0.1, 0.15) is 27.3 Å². The SMILES string of the molecule is COc1ccc(Cc2nc3ccc(C(=O)N/N=C\c4ccccc4O)cc3[nH]2)cc1OC. The molecule has 0 atom stereocenters. The number of carbonyl (C=O) groups excluding carboxylic acids is 1. The number of nitrogens with zero attached hydrogens (tertiary/aromatic N) is 2. The van der Waals surface area contributed by atoms with Gasteiger partial charge in [0.25, 0.3) is 5.91 Å². The number of benzene rings is 3. The Morgan fingerprint density at radius 2 is 1.91 bits per heavy atom. The molecule has 0 unspecified atom stereocenters. The molecule has 0 saturated carbocycles. The second-order valence-corrected chi connectivity index (χ2v) is 7.04. The van der Waals surface area contributed by atoms with E-state index >= 15 is 0 Å². The van der Waals surface area contributed by atoms with Crippen molar-refractivity contribution < 1.29 is 19.4 Å². The molecule has 8 heteroatoms. The normalized spacial score (nSPS) is 11.1. The maximum Gasteiger partial charge on any atom is 0.271 e. The lowest BCUT2D eigenvalue weighted by molar-refractivity contribution is 0.0955. The van der Waals surface area contributed by atoms with Crippen molar-refractivity contribution in [3.63, 3.8) is 0 Å². The number of carbonyl (C=O) groups is 1. The summed E-state index contributed by atoms with van der Waals surface area (Å²) >= 11 is 0. The number of imidazole rings is 1. The van der Waals surface area contributed by atoms with Gasteiger partial charge in [-0.05, 0) is 48.0 Å². The van der Waals surface area contributed by atoms with Gasteiger partial charge in [-0.3, -0.25) is 4.79 Å². The molecule has 4 rings (SSSR count). The summed E-state index contributed by atoms with van der Waals surface area (Å²) in [5.41, 5.74) is 5.94. The van der Waals surface area contributed by atoms with Crippen LogP contribution in [0, 0.1) is 0 Å². The third-order valence-electron chi connectivity index (χ3n) is 4.92. The zero-order valence-electron chi connectivity index (χ0n) is 17.6. The minimum atomic E-state index is -0.366. The number of hydrazone groups is 1. The van der Waals surface area contributed by atoms with Gasteiger partial charge in [0.15, 0.2) is 11.5 Å². The Balaban J connectivity index is 1.48. The molecule has 0 fully saturated rings. The summed E-state index contributed by atoms with van der Waals surface area (Å²) in [6.07, 6.45) is 1.96. The molecule has 3 aromatic carbocycles. The number of phenolic OH excluding ortho intramolecular Hbond substituents is 1. The molecule has 0 bridgehead atoms. The minimum absolute atomic E-state index is 0.0892. The number of nitrogens with one attached hydrogen (secondary N) is 2. The maximum absolute atomic E-state index is 12.4. The smallest absolute Gasteiger partial charge is 0.271 e. The van der Waals surface area contributed by atoms with Crippen molar-refractivity contribution in [3.8, 4) is 17.2 Å². The van der Waals surface area contributed by atoms with Crippen molar-refractivity contribution in [1.29, 1.82) is 0 Å². The molecule has 32 heavy (non-hydrogen) atoms. The van der Waals surface area contributed by atoms with Crippen LogP contribution in [0.5, 0.6) is 17.2 Å². The van der Waals surface area contributed by atoms with Gasteiger partial charge in [0, 0.05) is 17.5 Å². The zero-order valence-corrected chi connectivity index (χ0v) is 17.6. The first kappa shape index (κ1) is 20.9. The molecule has 0 radical (unpaired) electrons. The monoisotopic (exact) mass is 430 g/mol. The van der Waals surface area contributed by atoms with E-state index in [9.17, 15) is 9.90 Å². The second kappa shape index (κ2) is 9.22. The van der Waals surface area contributed by atoms with Crippen LogP contribution in [0.25, 0.3) is 11.0 Å². The van der Waals surface area contributed by atoms with E-state index in [1.807, 2.05) is 18.2 Å². The Kier molecular flexibility index (Phi) is 6.03. The number of H-pyrrole nitrogens is 1. The topological polar surface area (TPSA) is 109 Å². The van der Waals surface area contributed by atoms with Gasteiger partial charge in [-0.25, -0.2) is 10.4 Å². The molecule has 1 aromatic heterocycles. The predicted molar refractivity (Wildman–Crippen MR) is 122 cm³/mol. The van der Waals surface area contributed by atoms with E-state index in [1.54, 1.807) is 56.7 Å². The van der Waals surface area contributed by atoms with Crippen molar-refractivity contribution in [3.05, 3.63) is 83.2 Å². The molecule has 3 N–H and O–H groups in total. The van der Waals surface area contributed by atoms with Gasteiger partial charge in [-0.2, -0.15) is 5.10 Å². The van der Waals surface area contributed by atoms with E-state index in [1.165, 1.54) is 6.21 Å². The van der Waals surface area contributed by atoms with Crippen LogP contribution in [0.15, 0.2) is 65.8 Å². The molecule has 0 aliphatic heterocycles. The maximum atomic E-state index is 12.4. The summed E-state index contributed by atoms with van der Waals surface area (Å²) < 4.78 is 10.6. The highest BCUT2D eigenvalue weighted by Gasteiger charge is 2.11. The molecule has 0 spiro atoms. The number of hydrogen-bond acceptors (Lipinski definition) is 6. The quantitative estimate of drug-likeness (QED) is 0.306. The van der Waals surface area contributed by atoms with E-state index in [-0.39, 0.29) is 11.7 Å². The summed E-state index contributed by atoms with van der Waals surface area (Å²) in [5, 5.41) is 13.7. The Bertz CT molecular complexity index is 1300. The average Bonchev–Trinajstić information content (AvgIpc) is 3.21. The van der Waals surface area contributed by atoms with Gasteiger partial charge in [0.2, 0.25) is 0 Å². The van der Waals surface area contributed by atoms with E-state index < -0.39 is 0 Å².